The predicted octanol–water partition coefficient (Wildman–Crippen LogP) is 6.54. The molecule has 0 aromatic heterocycles. The highest BCUT2D eigenvalue weighted by Crippen LogP contribution is 2.72. The van der Waals surface area contributed by atoms with Crippen LogP contribution in [0.5, 0.6) is 0 Å². The monoisotopic (exact) mass is 482 g/mol. The summed E-state index contributed by atoms with van der Waals surface area (Å²) < 4.78 is 5.46. The highest BCUT2D eigenvalue weighted by molar-refractivity contribution is 5.69. The first-order valence-corrected chi connectivity index (χ1v) is 14.4. The van der Waals surface area contributed by atoms with Crippen LogP contribution in [0.15, 0.2) is 10.2 Å². The molecule has 1 spiro atoms. The van der Waals surface area contributed by atoms with Crippen LogP contribution in [-0.4, -0.2) is 29.4 Å². The minimum atomic E-state index is -0.191. The molecule has 5 aliphatic rings. The molecule has 194 valence electrons. The van der Waals surface area contributed by atoms with E-state index in [1.165, 1.54) is 25.7 Å². The molecule has 0 radical (unpaired) electrons. The van der Waals surface area contributed by atoms with Gasteiger partial charge in [0.05, 0.1) is 12.7 Å². The molecule has 0 aromatic carbocycles. The molecule has 4 aliphatic carbocycles. The van der Waals surface area contributed by atoms with E-state index < -0.39 is 0 Å². The molecule has 4 fully saturated rings. The molecule has 5 heteroatoms. The fraction of sp³-hybridized carbons (Fsp3) is 0.900. The van der Waals surface area contributed by atoms with Crippen molar-refractivity contribution in [1.82, 2.24) is 0 Å². The van der Waals surface area contributed by atoms with Crippen molar-refractivity contribution in [3.63, 3.8) is 0 Å². The Morgan fingerprint density at radius 1 is 1.11 bits per heavy atom. The maximum absolute atomic E-state index is 12.3. The quantitative estimate of drug-likeness (QED) is 0.242. The average molecular weight is 483 g/mol. The topological polar surface area (TPSA) is 71.2 Å². The number of carbonyl (C=O) groups is 1. The van der Waals surface area contributed by atoms with Gasteiger partial charge >= 0.3 is 5.97 Å². The molecule has 1 aliphatic heterocycles. The van der Waals surface area contributed by atoms with Crippen molar-refractivity contribution in [2.45, 2.75) is 116 Å². The molecule has 0 aromatic rings. The third-order valence-corrected chi connectivity index (χ3v) is 11.6. The lowest BCUT2D eigenvalue weighted by atomic mass is 9.42. The minimum absolute atomic E-state index is 0.0504. The van der Waals surface area contributed by atoms with Crippen molar-refractivity contribution in [3.05, 3.63) is 0 Å². The van der Waals surface area contributed by atoms with Crippen molar-refractivity contribution >= 4 is 5.97 Å². The van der Waals surface area contributed by atoms with E-state index in [0.29, 0.717) is 42.1 Å². The van der Waals surface area contributed by atoms with Crippen LogP contribution in [0.3, 0.4) is 0 Å². The minimum Gasteiger partial charge on any atom is -0.466 e. The largest absolute Gasteiger partial charge is 0.466 e. The van der Waals surface area contributed by atoms with Crippen molar-refractivity contribution in [2.24, 2.45) is 56.6 Å². The maximum atomic E-state index is 12.3. The predicted molar refractivity (Wildman–Crippen MR) is 136 cm³/mol. The van der Waals surface area contributed by atoms with Crippen molar-refractivity contribution in [1.29, 1.82) is 0 Å². The summed E-state index contributed by atoms with van der Waals surface area (Å²) in [5.74, 6) is 6.42. The van der Waals surface area contributed by atoms with Crippen LogP contribution in [0.1, 0.15) is 104 Å². The second-order valence-electron chi connectivity index (χ2n) is 13.3. The van der Waals surface area contributed by atoms with Gasteiger partial charge in [0.1, 0.15) is 0 Å². The van der Waals surface area contributed by atoms with Crippen molar-refractivity contribution in [2.75, 3.05) is 6.61 Å². The van der Waals surface area contributed by atoms with E-state index in [1.54, 1.807) is 0 Å². The maximum Gasteiger partial charge on any atom is 0.305 e. The number of ether oxygens (including phenoxy) is 1. The first-order chi connectivity index (χ1) is 16.7. The zero-order chi connectivity index (χ0) is 24.8. The summed E-state index contributed by atoms with van der Waals surface area (Å²) in [5.41, 5.74) is 0.428. The Morgan fingerprint density at radius 2 is 1.86 bits per heavy atom. The van der Waals surface area contributed by atoms with Gasteiger partial charge in [-0.2, -0.15) is 10.2 Å². The summed E-state index contributed by atoms with van der Waals surface area (Å²) in [6.07, 6.45) is 18.4. The van der Waals surface area contributed by atoms with Crippen LogP contribution in [0.2, 0.25) is 0 Å². The zero-order valence-corrected chi connectivity index (χ0v) is 22.2. The molecule has 0 bridgehead atoms. The Kier molecular flexibility index (Phi) is 6.83. The summed E-state index contributed by atoms with van der Waals surface area (Å²) in [6, 6.07) is 0. The summed E-state index contributed by atoms with van der Waals surface area (Å²) in [7, 11) is 0. The Hall–Kier alpha value is -1.41. The third kappa shape index (κ3) is 4.36. The van der Waals surface area contributed by atoms with E-state index in [4.69, 9.17) is 11.2 Å². The summed E-state index contributed by atoms with van der Waals surface area (Å²) in [6.45, 7) is 7.95. The van der Waals surface area contributed by atoms with E-state index in [-0.39, 0.29) is 23.2 Å². The summed E-state index contributed by atoms with van der Waals surface area (Å²) in [4.78, 5) is 12.3. The first-order valence-electron chi connectivity index (χ1n) is 14.4. The Labute approximate surface area is 212 Å². The van der Waals surface area contributed by atoms with Gasteiger partial charge < -0.3 is 9.84 Å². The average Bonchev–Trinajstić information content (AvgIpc) is 3.50. The standard InChI is InChI=1S/C30H46N2O3/c1-5-6-7-8-17-35-27(34)12-9-20(2)23-10-11-24-22-19-30(31-32-30)26-18-21(33)13-15-29(26,4)25(22)14-16-28(23,24)3/h1,20-26,33H,6-19H2,2-4H3/t20-,21+,22?,23-,24?,25?,26?,28-,29-/m1/s1. The van der Waals surface area contributed by atoms with Gasteiger partial charge in [-0.1, -0.05) is 20.8 Å². The van der Waals surface area contributed by atoms with Gasteiger partial charge in [-0.3, -0.25) is 4.79 Å². The van der Waals surface area contributed by atoms with Crippen molar-refractivity contribution < 1.29 is 14.6 Å². The van der Waals surface area contributed by atoms with E-state index in [0.717, 1.165) is 63.2 Å². The van der Waals surface area contributed by atoms with Gasteiger partial charge in [0, 0.05) is 25.2 Å². The number of hydrogen-bond acceptors (Lipinski definition) is 5. The van der Waals surface area contributed by atoms with Gasteiger partial charge in [-0.25, -0.2) is 0 Å². The number of carbonyl (C=O) groups excluding carboxylic acids is 1. The lowest BCUT2D eigenvalue weighted by Gasteiger charge is -2.62. The fourth-order valence-corrected chi connectivity index (χ4v) is 9.75. The van der Waals surface area contributed by atoms with Crippen LogP contribution < -0.4 is 0 Å². The molecule has 1 N–H and O–H groups in total. The number of unbranched alkanes of at least 4 members (excludes halogenated alkanes) is 2. The molecule has 1 heterocycles. The molecule has 4 saturated carbocycles. The third-order valence-electron chi connectivity index (χ3n) is 11.6. The molecular weight excluding hydrogens is 436 g/mol. The molecular formula is C30H46N2O3. The number of aliphatic hydroxyl groups excluding tert-OH is 1. The first kappa shape index (κ1) is 25.2. The van der Waals surface area contributed by atoms with E-state index in [1.807, 2.05) is 0 Å². The molecule has 0 amide bonds. The highest BCUT2D eigenvalue weighted by Gasteiger charge is 2.69. The van der Waals surface area contributed by atoms with Gasteiger partial charge in [0.15, 0.2) is 5.66 Å². The number of fused-ring (bicyclic) bond motifs is 6. The van der Waals surface area contributed by atoms with E-state index in [9.17, 15) is 9.90 Å². The lowest BCUT2D eigenvalue weighted by molar-refractivity contribution is -0.147. The van der Waals surface area contributed by atoms with Gasteiger partial charge in [-0.15, -0.1) is 12.3 Å². The Morgan fingerprint density at radius 3 is 2.60 bits per heavy atom. The number of hydrogen-bond donors (Lipinski definition) is 1. The molecule has 9 atom stereocenters. The van der Waals surface area contributed by atoms with Gasteiger partial charge in [0.25, 0.3) is 0 Å². The number of aliphatic hydroxyl groups is 1. The number of nitrogens with zero attached hydrogens (tertiary/aromatic N) is 2. The second kappa shape index (κ2) is 9.47. The summed E-state index contributed by atoms with van der Waals surface area (Å²) >= 11 is 0. The van der Waals surface area contributed by atoms with Crippen LogP contribution >= 0.6 is 0 Å². The lowest BCUT2D eigenvalue weighted by Crippen LogP contribution is -2.59. The Balaban J connectivity index is 1.21. The van der Waals surface area contributed by atoms with E-state index >= 15 is 0 Å². The van der Waals surface area contributed by atoms with Crippen LogP contribution in [-0.2, 0) is 9.53 Å². The van der Waals surface area contributed by atoms with E-state index in [2.05, 4.69) is 36.9 Å². The molecule has 0 saturated heterocycles. The SMILES string of the molecule is C#CCCCCOC(=O)CC[C@@H](C)[C@H]1CCC2C3CC4(N=N4)C4C[C@@H](O)CC[C@]4(C)C3CC[C@@]21C. The van der Waals surface area contributed by atoms with Crippen LogP contribution in [0.25, 0.3) is 0 Å². The normalized spacial score (nSPS) is 43.5. The molecule has 5 rings (SSSR count). The van der Waals surface area contributed by atoms with Crippen LogP contribution in [0.4, 0.5) is 0 Å². The van der Waals surface area contributed by atoms with Gasteiger partial charge in [-0.05, 0) is 105 Å². The van der Waals surface area contributed by atoms with Crippen molar-refractivity contribution in [3.8, 4) is 12.3 Å². The highest BCUT2D eigenvalue weighted by atomic mass is 16.5. The molecule has 5 nitrogen and oxygen atoms in total. The molecule has 4 unspecified atom stereocenters. The number of terminal acetylenes is 1. The van der Waals surface area contributed by atoms with Crippen LogP contribution in [0, 0.1) is 58.7 Å². The smallest absolute Gasteiger partial charge is 0.305 e. The molecule has 35 heavy (non-hydrogen) atoms. The Bertz CT molecular complexity index is 873. The number of esters is 1. The van der Waals surface area contributed by atoms with Gasteiger partial charge in [0.2, 0.25) is 0 Å². The number of rotatable bonds is 8. The second-order valence-corrected chi connectivity index (χ2v) is 13.3. The zero-order valence-electron chi connectivity index (χ0n) is 22.2. The fourth-order valence-electron chi connectivity index (χ4n) is 9.75. The summed E-state index contributed by atoms with van der Waals surface area (Å²) in [5, 5.41) is 19.8.